The van der Waals surface area contributed by atoms with Gasteiger partial charge in [-0.2, -0.15) is 0 Å². The molecule has 1 aliphatic heterocycles. The molecule has 1 unspecified atom stereocenters. The number of hydrogen-bond donors (Lipinski definition) is 2. The van der Waals surface area contributed by atoms with Gasteiger partial charge in [0.15, 0.2) is 0 Å². The van der Waals surface area contributed by atoms with Crippen LogP contribution in [0.1, 0.15) is 47.2 Å². The molecule has 1 aliphatic rings. The maximum atomic E-state index is 12.8. The van der Waals surface area contributed by atoms with Gasteiger partial charge in [-0.05, 0) is 58.2 Å². The first kappa shape index (κ1) is 18.5. The first-order valence-corrected chi connectivity index (χ1v) is 8.86. The molecule has 1 aromatic rings. The van der Waals surface area contributed by atoms with Crippen molar-refractivity contribution in [2.45, 2.75) is 39.5 Å². The van der Waals surface area contributed by atoms with Gasteiger partial charge in [0, 0.05) is 25.2 Å². The molecule has 5 heteroatoms. The molecule has 0 aliphatic carbocycles. The molecule has 1 heterocycles. The molecule has 1 saturated heterocycles. The van der Waals surface area contributed by atoms with Crippen molar-refractivity contribution in [1.82, 2.24) is 10.2 Å². The van der Waals surface area contributed by atoms with Gasteiger partial charge in [-0.3, -0.25) is 9.59 Å². The van der Waals surface area contributed by atoms with E-state index in [1.165, 1.54) is 0 Å². The molecule has 2 amide bonds. The Kier molecular flexibility index (Phi) is 6.79. The summed E-state index contributed by atoms with van der Waals surface area (Å²) < 4.78 is 0. The van der Waals surface area contributed by atoms with Crippen LogP contribution in [-0.2, 0) is 4.79 Å². The topological polar surface area (TPSA) is 75.4 Å². The lowest BCUT2D eigenvalue weighted by molar-refractivity contribution is -0.126. The lowest BCUT2D eigenvalue weighted by Gasteiger charge is -2.32. The summed E-state index contributed by atoms with van der Waals surface area (Å²) in [5.74, 6) is -0.0149. The highest BCUT2D eigenvalue weighted by molar-refractivity contribution is 5.95. The number of amides is 2. The zero-order valence-corrected chi connectivity index (χ0v) is 14.8. The summed E-state index contributed by atoms with van der Waals surface area (Å²) in [5, 5.41) is 2.97. The molecule has 0 bridgehead atoms. The molecule has 3 N–H and O–H groups in total. The highest BCUT2D eigenvalue weighted by atomic mass is 16.2. The predicted molar refractivity (Wildman–Crippen MR) is 95.8 cm³/mol. The number of hydrogen-bond acceptors (Lipinski definition) is 3. The van der Waals surface area contributed by atoms with Gasteiger partial charge in [0.2, 0.25) is 5.91 Å². The van der Waals surface area contributed by atoms with Crippen molar-refractivity contribution < 1.29 is 9.59 Å². The number of rotatable bonds is 6. The van der Waals surface area contributed by atoms with Crippen molar-refractivity contribution in [3.8, 4) is 0 Å². The Morgan fingerprint density at radius 2 is 1.92 bits per heavy atom. The third-order valence-electron chi connectivity index (χ3n) is 4.48. The Morgan fingerprint density at radius 1 is 1.21 bits per heavy atom. The van der Waals surface area contributed by atoms with Crippen LogP contribution in [0.15, 0.2) is 18.2 Å². The molecule has 132 valence electrons. The molecule has 24 heavy (non-hydrogen) atoms. The normalized spacial score (nSPS) is 17.6. The van der Waals surface area contributed by atoms with Gasteiger partial charge in [-0.1, -0.05) is 17.2 Å². The van der Waals surface area contributed by atoms with Crippen LogP contribution in [0.3, 0.4) is 0 Å². The molecule has 2 rings (SSSR count). The largest absolute Gasteiger partial charge is 0.356 e. The first-order chi connectivity index (χ1) is 11.5. The standard InChI is InChI=1S/C19H29N3O2/c1-14-10-15(2)12-17(11-14)19(24)22-9-5-6-16(13-22)18(23)21-8-4-3-7-20/h10-12,16H,3-9,13,20H2,1-2H3,(H,21,23). The molecule has 5 nitrogen and oxygen atoms in total. The van der Waals surface area contributed by atoms with Crippen molar-refractivity contribution in [3.63, 3.8) is 0 Å². The smallest absolute Gasteiger partial charge is 0.253 e. The van der Waals surface area contributed by atoms with E-state index in [9.17, 15) is 9.59 Å². The summed E-state index contributed by atoms with van der Waals surface area (Å²) in [4.78, 5) is 26.9. The van der Waals surface area contributed by atoms with E-state index in [-0.39, 0.29) is 17.7 Å². The van der Waals surface area contributed by atoms with Crippen LogP contribution in [0.25, 0.3) is 0 Å². The van der Waals surface area contributed by atoms with E-state index in [1.807, 2.05) is 30.9 Å². The van der Waals surface area contributed by atoms with E-state index in [2.05, 4.69) is 11.4 Å². The molecule has 0 aromatic heterocycles. The predicted octanol–water partition coefficient (Wildman–Crippen LogP) is 2.01. The van der Waals surface area contributed by atoms with Crippen LogP contribution in [0, 0.1) is 19.8 Å². The second kappa shape index (κ2) is 8.83. The fourth-order valence-corrected chi connectivity index (χ4v) is 3.28. The highest BCUT2D eigenvalue weighted by Gasteiger charge is 2.28. The maximum absolute atomic E-state index is 12.8. The monoisotopic (exact) mass is 331 g/mol. The van der Waals surface area contributed by atoms with Crippen molar-refractivity contribution in [2.75, 3.05) is 26.2 Å². The van der Waals surface area contributed by atoms with Crippen molar-refractivity contribution >= 4 is 11.8 Å². The molecule has 1 fully saturated rings. The quantitative estimate of drug-likeness (QED) is 0.783. The lowest BCUT2D eigenvalue weighted by Crippen LogP contribution is -2.45. The third-order valence-corrected chi connectivity index (χ3v) is 4.48. The molecule has 1 aromatic carbocycles. The van der Waals surface area contributed by atoms with E-state index in [4.69, 9.17) is 5.73 Å². The fraction of sp³-hybridized carbons (Fsp3) is 0.579. The second-order valence-corrected chi connectivity index (χ2v) is 6.75. The van der Waals surface area contributed by atoms with Crippen LogP contribution in [0.5, 0.6) is 0 Å². The van der Waals surface area contributed by atoms with Gasteiger partial charge in [-0.25, -0.2) is 0 Å². The van der Waals surface area contributed by atoms with Gasteiger partial charge >= 0.3 is 0 Å². The average Bonchev–Trinajstić information content (AvgIpc) is 2.57. The number of aryl methyl sites for hydroxylation is 2. The van der Waals surface area contributed by atoms with E-state index >= 15 is 0 Å². The Hall–Kier alpha value is -1.88. The highest BCUT2D eigenvalue weighted by Crippen LogP contribution is 2.20. The Balaban J connectivity index is 1.94. The summed E-state index contributed by atoms with van der Waals surface area (Å²) in [7, 11) is 0. The van der Waals surface area contributed by atoms with Gasteiger partial charge < -0.3 is 16.0 Å². The molecular formula is C19H29N3O2. The number of nitrogens with two attached hydrogens (primary N) is 1. The zero-order chi connectivity index (χ0) is 17.5. The number of carbonyl (C=O) groups excluding carboxylic acids is 2. The van der Waals surface area contributed by atoms with Crippen molar-refractivity contribution in [2.24, 2.45) is 11.7 Å². The lowest BCUT2D eigenvalue weighted by atomic mass is 9.96. The van der Waals surface area contributed by atoms with Crippen molar-refractivity contribution in [1.29, 1.82) is 0 Å². The minimum absolute atomic E-state index is 0.0300. The summed E-state index contributed by atoms with van der Waals surface area (Å²) in [5.41, 5.74) is 8.35. The summed E-state index contributed by atoms with van der Waals surface area (Å²) >= 11 is 0. The minimum atomic E-state index is -0.105. The molecule has 0 radical (unpaired) electrons. The number of benzene rings is 1. The maximum Gasteiger partial charge on any atom is 0.253 e. The van der Waals surface area contributed by atoms with Crippen molar-refractivity contribution in [3.05, 3.63) is 34.9 Å². The second-order valence-electron chi connectivity index (χ2n) is 6.75. The molecular weight excluding hydrogens is 302 g/mol. The van der Waals surface area contributed by atoms with Gasteiger partial charge in [-0.15, -0.1) is 0 Å². The fourth-order valence-electron chi connectivity index (χ4n) is 3.28. The van der Waals surface area contributed by atoms with Crippen LogP contribution in [0.4, 0.5) is 0 Å². The number of unbranched alkanes of at least 4 members (excludes halogenated alkanes) is 1. The van der Waals surface area contributed by atoms with Gasteiger partial charge in [0.05, 0.1) is 5.92 Å². The summed E-state index contributed by atoms with van der Waals surface area (Å²) in [6.07, 6.45) is 3.54. The Labute approximate surface area is 144 Å². The first-order valence-electron chi connectivity index (χ1n) is 8.86. The zero-order valence-electron chi connectivity index (χ0n) is 14.8. The van der Waals surface area contributed by atoms with Crippen LogP contribution < -0.4 is 11.1 Å². The number of nitrogens with zero attached hydrogens (tertiary/aromatic N) is 1. The van der Waals surface area contributed by atoms with Crippen LogP contribution >= 0.6 is 0 Å². The van der Waals surface area contributed by atoms with E-state index in [1.54, 1.807) is 0 Å². The van der Waals surface area contributed by atoms with E-state index < -0.39 is 0 Å². The number of nitrogens with one attached hydrogen (secondary N) is 1. The van der Waals surface area contributed by atoms with Gasteiger partial charge in [0.1, 0.15) is 0 Å². The summed E-state index contributed by atoms with van der Waals surface area (Å²) in [6.45, 7) is 6.54. The summed E-state index contributed by atoms with van der Waals surface area (Å²) in [6, 6.07) is 5.91. The van der Waals surface area contributed by atoms with E-state index in [0.29, 0.717) is 19.6 Å². The SMILES string of the molecule is Cc1cc(C)cc(C(=O)N2CCCC(C(=O)NCCCCN)C2)c1. The Bertz CT molecular complexity index is 566. The number of piperidine rings is 1. The molecule has 1 atom stereocenters. The minimum Gasteiger partial charge on any atom is -0.356 e. The average molecular weight is 331 g/mol. The van der Waals surface area contributed by atoms with Crippen LogP contribution in [-0.4, -0.2) is 42.9 Å². The third kappa shape index (κ3) is 5.06. The molecule has 0 spiro atoms. The number of carbonyl (C=O) groups is 2. The molecule has 0 saturated carbocycles. The van der Waals surface area contributed by atoms with Crippen LogP contribution in [0.2, 0.25) is 0 Å². The van der Waals surface area contributed by atoms with E-state index in [0.717, 1.165) is 48.9 Å². The Morgan fingerprint density at radius 3 is 2.58 bits per heavy atom. The van der Waals surface area contributed by atoms with Gasteiger partial charge in [0.25, 0.3) is 5.91 Å². The number of likely N-dealkylation sites (tertiary alicyclic amines) is 1.